The highest BCUT2D eigenvalue weighted by molar-refractivity contribution is 5.80. The predicted molar refractivity (Wildman–Crippen MR) is 68.0 cm³/mol. The summed E-state index contributed by atoms with van der Waals surface area (Å²) < 4.78 is 0. The van der Waals surface area contributed by atoms with E-state index in [1.165, 1.54) is 0 Å². The van der Waals surface area contributed by atoms with E-state index in [1.807, 2.05) is 24.3 Å². The molecule has 0 bridgehead atoms. The Morgan fingerprint density at radius 3 is 3.00 bits per heavy atom. The van der Waals surface area contributed by atoms with Crippen LogP contribution >= 0.6 is 0 Å². The largest absolute Gasteiger partial charge is 0.390 e. The summed E-state index contributed by atoms with van der Waals surface area (Å²) >= 11 is 0. The number of carbonyl (C=O) groups is 1. The lowest BCUT2D eigenvalue weighted by Gasteiger charge is -2.20. The molecule has 4 heteroatoms. The van der Waals surface area contributed by atoms with Gasteiger partial charge in [-0.1, -0.05) is 24.3 Å². The Morgan fingerprint density at radius 1 is 1.39 bits per heavy atom. The summed E-state index contributed by atoms with van der Waals surface area (Å²) in [5.41, 5.74) is 2.20. The molecule has 18 heavy (non-hydrogen) atoms. The highest BCUT2D eigenvalue weighted by atomic mass is 16.3. The van der Waals surface area contributed by atoms with Gasteiger partial charge in [-0.2, -0.15) is 0 Å². The molecule has 1 amide bonds. The molecule has 2 aliphatic rings. The molecule has 1 saturated heterocycles. The minimum Gasteiger partial charge on any atom is -0.390 e. The van der Waals surface area contributed by atoms with Crippen molar-refractivity contribution in [2.45, 2.75) is 25.0 Å². The third kappa shape index (κ3) is 2.02. The molecule has 1 aliphatic heterocycles. The summed E-state index contributed by atoms with van der Waals surface area (Å²) in [7, 11) is 0. The molecule has 3 rings (SSSR count). The lowest BCUT2D eigenvalue weighted by Crippen LogP contribution is -2.38. The molecule has 0 aromatic heterocycles. The van der Waals surface area contributed by atoms with Gasteiger partial charge >= 0.3 is 0 Å². The van der Waals surface area contributed by atoms with Crippen LogP contribution in [0.15, 0.2) is 24.3 Å². The standard InChI is InChI=1S/C14H18N2O2/c17-12-7-9-3-1-2-4-11(9)13(12)16-14(18)10-5-6-15-8-10/h1-4,10,12-13,15,17H,5-8H2,(H,16,18)/t10?,12-,13+/m1/s1. The van der Waals surface area contributed by atoms with Crippen LogP contribution in [-0.2, 0) is 11.2 Å². The molecule has 0 radical (unpaired) electrons. The molecule has 1 aliphatic carbocycles. The Bertz CT molecular complexity index is 455. The first kappa shape index (κ1) is 11.7. The van der Waals surface area contributed by atoms with Crippen molar-refractivity contribution in [1.29, 1.82) is 0 Å². The van der Waals surface area contributed by atoms with Crippen LogP contribution in [0.1, 0.15) is 23.6 Å². The van der Waals surface area contributed by atoms with Gasteiger partial charge in [-0.05, 0) is 24.1 Å². The molecule has 1 aromatic rings. The van der Waals surface area contributed by atoms with Crippen LogP contribution in [0, 0.1) is 5.92 Å². The molecule has 3 N–H and O–H groups in total. The van der Waals surface area contributed by atoms with Crippen molar-refractivity contribution in [2.24, 2.45) is 5.92 Å². The van der Waals surface area contributed by atoms with Crippen LogP contribution in [0.4, 0.5) is 0 Å². The van der Waals surface area contributed by atoms with E-state index in [9.17, 15) is 9.90 Å². The Balaban J connectivity index is 1.74. The summed E-state index contributed by atoms with van der Waals surface area (Å²) in [6, 6.07) is 7.68. The normalized spacial score (nSPS) is 30.2. The molecule has 1 fully saturated rings. The van der Waals surface area contributed by atoms with E-state index in [1.54, 1.807) is 0 Å². The average Bonchev–Trinajstić information content (AvgIpc) is 2.98. The van der Waals surface area contributed by atoms with Gasteiger partial charge in [-0.25, -0.2) is 0 Å². The molecule has 1 heterocycles. The van der Waals surface area contributed by atoms with Gasteiger partial charge in [0.2, 0.25) is 5.91 Å². The van der Waals surface area contributed by atoms with E-state index in [4.69, 9.17) is 0 Å². The second kappa shape index (κ2) is 4.71. The first-order chi connectivity index (χ1) is 8.75. The highest BCUT2D eigenvalue weighted by Gasteiger charge is 2.33. The zero-order chi connectivity index (χ0) is 12.5. The predicted octanol–water partition coefficient (Wildman–Crippen LogP) is 0.370. The van der Waals surface area contributed by atoms with Gasteiger partial charge in [-0.15, -0.1) is 0 Å². The van der Waals surface area contributed by atoms with E-state index in [2.05, 4.69) is 10.6 Å². The molecule has 4 nitrogen and oxygen atoms in total. The second-order valence-corrected chi connectivity index (χ2v) is 5.15. The second-order valence-electron chi connectivity index (χ2n) is 5.15. The lowest BCUT2D eigenvalue weighted by molar-refractivity contribution is -0.125. The molecule has 96 valence electrons. The number of fused-ring (bicyclic) bond motifs is 1. The van der Waals surface area contributed by atoms with E-state index >= 15 is 0 Å². The topological polar surface area (TPSA) is 61.4 Å². The van der Waals surface area contributed by atoms with E-state index < -0.39 is 6.10 Å². The lowest BCUT2D eigenvalue weighted by atomic mass is 10.0. The van der Waals surface area contributed by atoms with Crippen LogP contribution in [0.5, 0.6) is 0 Å². The summed E-state index contributed by atoms with van der Waals surface area (Å²) in [4.78, 5) is 12.1. The number of hydrogen-bond acceptors (Lipinski definition) is 3. The van der Waals surface area contributed by atoms with Gasteiger partial charge in [0.1, 0.15) is 0 Å². The summed E-state index contributed by atoms with van der Waals surface area (Å²) in [5.74, 6) is 0.103. The molecule has 1 unspecified atom stereocenters. The zero-order valence-electron chi connectivity index (χ0n) is 10.2. The summed E-state index contributed by atoms with van der Waals surface area (Å²) in [5, 5.41) is 16.3. The molecular formula is C14H18N2O2. The number of aliphatic hydroxyl groups is 1. The maximum Gasteiger partial charge on any atom is 0.225 e. The quantitative estimate of drug-likeness (QED) is 0.706. The number of nitrogens with one attached hydrogen (secondary N) is 2. The molecule has 0 saturated carbocycles. The molecule has 1 aromatic carbocycles. The average molecular weight is 246 g/mol. The third-order valence-corrected chi connectivity index (χ3v) is 3.93. The van der Waals surface area contributed by atoms with Crippen LogP contribution < -0.4 is 10.6 Å². The van der Waals surface area contributed by atoms with Gasteiger partial charge in [0, 0.05) is 13.0 Å². The van der Waals surface area contributed by atoms with Crippen LogP contribution in [0.2, 0.25) is 0 Å². The fourth-order valence-corrected chi connectivity index (χ4v) is 2.90. The van der Waals surface area contributed by atoms with Crippen molar-refractivity contribution in [2.75, 3.05) is 13.1 Å². The van der Waals surface area contributed by atoms with Gasteiger partial charge in [-0.3, -0.25) is 4.79 Å². The minimum atomic E-state index is -0.499. The maximum atomic E-state index is 12.1. The molecule has 0 spiro atoms. The fraction of sp³-hybridized carbons (Fsp3) is 0.500. The van der Waals surface area contributed by atoms with Gasteiger partial charge < -0.3 is 15.7 Å². The van der Waals surface area contributed by atoms with Crippen molar-refractivity contribution < 1.29 is 9.90 Å². The number of benzene rings is 1. The first-order valence-electron chi connectivity index (χ1n) is 6.52. The Morgan fingerprint density at radius 2 is 2.22 bits per heavy atom. The molecular weight excluding hydrogens is 228 g/mol. The minimum absolute atomic E-state index is 0.0463. The maximum absolute atomic E-state index is 12.1. The number of aliphatic hydroxyl groups excluding tert-OH is 1. The Kier molecular flexibility index (Phi) is 3.06. The monoisotopic (exact) mass is 246 g/mol. The highest BCUT2D eigenvalue weighted by Crippen LogP contribution is 2.31. The van der Waals surface area contributed by atoms with Crippen molar-refractivity contribution in [3.63, 3.8) is 0 Å². The van der Waals surface area contributed by atoms with Crippen molar-refractivity contribution in [3.05, 3.63) is 35.4 Å². The van der Waals surface area contributed by atoms with Gasteiger partial charge in [0.15, 0.2) is 0 Å². The van der Waals surface area contributed by atoms with Crippen LogP contribution in [-0.4, -0.2) is 30.2 Å². The summed E-state index contributed by atoms with van der Waals surface area (Å²) in [6.07, 6.45) is 1.01. The van der Waals surface area contributed by atoms with Gasteiger partial charge in [0.25, 0.3) is 0 Å². The Hall–Kier alpha value is -1.39. The Labute approximate surface area is 106 Å². The fourth-order valence-electron chi connectivity index (χ4n) is 2.90. The zero-order valence-corrected chi connectivity index (χ0v) is 10.2. The van der Waals surface area contributed by atoms with Crippen LogP contribution in [0.3, 0.4) is 0 Å². The number of amides is 1. The smallest absolute Gasteiger partial charge is 0.225 e. The number of hydrogen-bond donors (Lipinski definition) is 3. The van der Waals surface area contributed by atoms with Gasteiger partial charge in [0.05, 0.1) is 18.1 Å². The molecule has 3 atom stereocenters. The first-order valence-corrected chi connectivity index (χ1v) is 6.52. The van der Waals surface area contributed by atoms with E-state index in [-0.39, 0.29) is 17.9 Å². The van der Waals surface area contributed by atoms with Crippen molar-refractivity contribution in [1.82, 2.24) is 10.6 Å². The van der Waals surface area contributed by atoms with E-state index in [0.717, 1.165) is 30.6 Å². The van der Waals surface area contributed by atoms with Crippen molar-refractivity contribution in [3.8, 4) is 0 Å². The van der Waals surface area contributed by atoms with Crippen molar-refractivity contribution >= 4 is 5.91 Å². The van der Waals surface area contributed by atoms with Crippen LogP contribution in [0.25, 0.3) is 0 Å². The SMILES string of the molecule is O=C(N[C@H]1c2ccccc2C[C@H]1O)C1CCNC1. The number of rotatable bonds is 2. The third-order valence-electron chi connectivity index (χ3n) is 3.93. The number of carbonyl (C=O) groups excluding carboxylic acids is 1. The van der Waals surface area contributed by atoms with E-state index in [0.29, 0.717) is 6.42 Å². The summed E-state index contributed by atoms with van der Waals surface area (Å²) in [6.45, 7) is 1.65.